The molecule has 1 aromatic carbocycles. The molecule has 0 aliphatic carbocycles. The molecule has 0 atom stereocenters. The standard InChI is InChI=1S/C27H22Cl2F7N7O2/c1-13(2)39-24(45)18-8-15(28)7-14(3)17(18)10-21(44)20-9-16(40-43(20)23-19(29)5-4-6-37-23)12-42-38-11-22(41-42)25(30,31)26(32,33)27(34,35)36/h4-9,11,13H,10,12H2,1-3H3,(H,39,45). The van der Waals surface area contributed by atoms with Gasteiger partial charge in [-0.1, -0.05) is 23.2 Å². The zero-order valence-corrected chi connectivity index (χ0v) is 24.9. The molecule has 45 heavy (non-hydrogen) atoms. The summed E-state index contributed by atoms with van der Waals surface area (Å²) in [6.45, 7) is 4.51. The van der Waals surface area contributed by atoms with Gasteiger partial charge in [0, 0.05) is 29.2 Å². The first-order valence-corrected chi connectivity index (χ1v) is 13.6. The number of amides is 1. The molecular weight excluding hydrogens is 658 g/mol. The lowest BCUT2D eigenvalue weighted by Gasteiger charge is -2.26. The molecule has 4 aromatic rings. The van der Waals surface area contributed by atoms with Gasteiger partial charge in [0.2, 0.25) is 0 Å². The number of pyridine rings is 1. The summed E-state index contributed by atoms with van der Waals surface area (Å²) < 4.78 is 94.2. The first kappa shape index (κ1) is 33.8. The molecule has 0 unspecified atom stereocenters. The fourth-order valence-electron chi connectivity index (χ4n) is 4.20. The minimum Gasteiger partial charge on any atom is -0.350 e. The Labute approximate surface area is 260 Å². The molecule has 0 fully saturated rings. The first-order chi connectivity index (χ1) is 20.8. The summed E-state index contributed by atoms with van der Waals surface area (Å²) in [7, 11) is 0. The molecule has 9 nitrogen and oxygen atoms in total. The predicted octanol–water partition coefficient (Wildman–Crippen LogP) is 6.38. The normalized spacial score (nSPS) is 12.6. The van der Waals surface area contributed by atoms with Crippen molar-refractivity contribution in [2.75, 3.05) is 0 Å². The average Bonchev–Trinajstić information content (AvgIpc) is 3.57. The Morgan fingerprint density at radius 1 is 1.02 bits per heavy atom. The van der Waals surface area contributed by atoms with E-state index in [4.69, 9.17) is 23.2 Å². The Morgan fingerprint density at radius 3 is 2.33 bits per heavy atom. The number of alkyl halides is 7. The van der Waals surface area contributed by atoms with Crippen LogP contribution in [0.5, 0.6) is 0 Å². The van der Waals surface area contributed by atoms with E-state index < -0.39 is 42.0 Å². The monoisotopic (exact) mass is 679 g/mol. The highest BCUT2D eigenvalue weighted by Crippen LogP contribution is 2.51. The molecule has 0 saturated heterocycles. The third-order valence-electron chi connectivity index (χ3n) is 6.34. The lowest BCUT2D eigenvalue weighted by atomic mass is 9.95. The van der Waals surface area contributed by atoms with Crippen molar-refractivity contribution < 1.29 is 40.3 Å². The van der Waals surface area contributed by atoms with E-state index in [-0.39, 0.29) is 51.5 Å². The van der Waals surface area contributed by atoms with Gasteiger partial charge < -0.3 is 5.32 Å². The van der Waals surface area contributed by atoms with Crippen LogP contribution in [0.3, 0.4) is 0 Å². The largest absolute Gasteiger partial charge is 0.460 e. The van der Waals surface area contributed by atoms with Gasteiger partial charge in [0.1, 0.15) is 12.2 Å². The Balaban J connectivity index is 1.73. The van der Waals surface area contributed by atoms with Crippen LogP contribution in [0.25, 0.3) is 5.82 Å². The van der Waals surface area contributed by atoms with Crippen LogP contribution in [-0.2, 0) is 18.9 Å². The van der Waals surface area contributed by atoms with Crippen LogP contribution in [0.15, 0.2) is 42.7 Å². The smallest absolute Gasteiger partial charge is 0.350 e. The molecule has 3 heterocycles. The highest BCUT2D eigenvalue weighted by Gasteiger charge is 2.74. The van der Waals surface area contributed by atoms with Crippen molar-refractivity contribution in [3.05, 3.63) is 86.5 Å². The lowest BCUT2D eigenvalue weighted by molar-refractivity contribution is -0.360. The zero-order chi connectivity index (χ0) is 33.5. The summed E-state index contributed by atoms with van der Waals surface area (Å²) in [5, 5.41) is 13.8. The summed E-state index contributed by atoms with van der Waals surface area (Å²) in [5.74, 6) is -13.3. The van der Waals surface area contributed by atoms with E-state index in [1.54, 1.807) is 26.8 Å². The van der Waals surface area contributed by atoms with Crippen molar-refractivity contribution in [3.8, 4) is 5.82 Å². The fraction of sp³-hybridized carbons (Fsp3) is 0.333. The van der Waals surface area contributed by atoms with Crippen LogP contribution < -0.4 is 5.32 Å². The van der Waals surface area contributed by atoms with Crippen LogP contribution in [-0.4, -0.2) is 59.6 Å². The van der Waals surface area contributed by atoms with Gasteiger partial charge in [-0.15, -0.1) is 0 Å². The number of Topliss-reactive ketones (excluding diaryl/α,β-unsaturated/α-hetero) is 1. The van der Waals surface area contributed by atoms with Gasteiger partial charge in [-0.05, 0) is 62.2 Å². The van der Waals surface area contributed by atoms with Crippen molar-refractivity contribution >= 4 is 34.9 Å². The number of nitrogens with zero attached hydrogens (tertiary/aromatic N) is 6. The number of benzene rings is 1. The second kappa shape index (κ2) is 12.4. The highest BCUT2D eigenvalue weighted by atomic mass is 35.5. The molecule has 0 radical (unpaired) electrons. The number of halogens is 9. The molecule has 0 aliphatic rings. The van der Waals surface area contributed by atoms with Crippen molar-refractivity contribution in [3.63, 3.8) is 0 Å². The van der Waals surface area contributed by atoms with E-state index in [1.807, 2.05) is 0 Å². The Morgan fingerprint density at radius 2 is 1.71 bits per heavy atom. The predicted molar refractivity (Wildman–Crippen MR) is 147 cm³/mol. The molecule has 240 valence electrons. The number of aryl methyl sites for hydroxylation is 1. The second-order valence-corrected chi connectivity index (χ2v) is 11.0. The summed E-state index contributed by atoms with van der Waals surface area (Å²) >= 11 is 12.5. The van der Waals surface area contributed by atoms with E-state index in [1.165, 1.54) is 30.5 Å². The quantitative estimate of drug-likeness (QED) is 0.154. The molecule has 0 aliphatic heterocycles. The Kier molecular flexibility index (Phi) is 9.31. The molecule has 0 spiro atoms. The highest BCUT2D eigenvalue weighted by molar-refractivity contribution is 6.32. The average molecular weight is 680 g/mol. The van der Waals surface area contributed by atoms with E-state index in [9.17, 15) is 40.3 Å². The van der Waals surface area contributed by atoms with Crippen molar-refractivity contribution in [1.82, 2.24) is 35.1 Å². The molecule has 0 saturated carbocycles. The van der Waals surface area contributed by atoms with E-state index in [0.717, 1.165) is 4.68 Å². The first-order valence-electron chi connectivity index (χ1n) is 12.9. The van der Waals surface area contributed by atoms with Crippen molar-refractivity contribution in [2.24, 2.45) is 0 Å². The van der Waals surface area contributed by atoms with Crippen LogP contribution in [0, 0.1) is 6.92 Å². The number of carbonyl (C=O) groups is 2. The zero-order valence-electron chi connectivity index (χ0n) is 23.4. The van der Waals surface area contributed by atoms with Gasteiger partial charge >= 0.3 is 18.0 Å². The number of nitrogens with one attached hydrogen (secondary N) is 1. The maximum Gasteiger partial charge on any atom is 0.460 e. The summed E-state index contributed by atoms with van der Waals surface area (Å²) in [6.07, 6.45) is -5.49. The van der Waals surface area contributed by atoms with Gasteiger partial charge in [0.15, 0.2) is 17.3 Å². The number of carbonyl (C=O) groups excluding carboxylic acids is 2. The number of ketones is 1. The van der Waals surface area contributed by atoms with Crippen LogP contribution in [0.1, 0.15) is 57.2 Å². The van der Waals surface area contributed by atoms with Crippen molar-refractivity contribution in [1.29, 1.82) is 0 Å². The minimum atomic E-state index is -6.56. The van der Waals surface area contributed by atoms with Gasteiger partial charge in [0.05, 0.1) is 16.9 Å². The van der Waals surface area contributed by atoms with Gasteiger partial charge in [-0.3, -0.25) is 9.59 Å². The van der Waals surface area contributed by atoms with Gasteiger partial charge in [0.25, 0.3) is 5.91 Å². The fourth-order valence-corrected chi connectivity index (χ4v) is 4.68. The SMILES string of the molecule is Cc1cc(Cl)cc(C(=O)NC(C)C)c1CC(=O)c1cc(Cn2ncc(C(F)(F)C(F)(F)C(F)(F)F)n2)nn1-c1ncccc1Cl. The summed E-state index contributed by atoms with van der Waals surface area (Å²) in [4.78, 5) is 31.2. The summed E-state index contributed by atoms with van der Waals surface area (Å²) in [5.41, 5.74) is -1.16. The molecule has 1 amide bonds. The molecule has 3 aromatic heterocycles. The van der Waals surface area contributed by atoms with Crippen molar-refractivity contribution in [2.45, 2.75) is 57.8 Å². The van der Waals surface area contributed by atoms with Crippen LogP contribution in [0.4, 0.5) is 30.7 Å². The number of hydrogen-bond acceptors (Lipinski definition) is 6. The van der Waals surface area contributed by atoms with Crippen LogP contribution in [0.2, 0.25) is 10.0 Å². The second-order valence-electron chi connectivity index (χ2n) is 10.1. The lowest BCUT2D eigenvalue weighted by Crippen LogP contribution is -2.50. The molecule has 18 heteroatoms. The molecule has 4 rings (SSSR count). The maximum atomic E-state index is 14.1. The van der Waals surface area contributed by atoms with Crippen LogP contribution >= 0.6 is 23.2 Å². The third kappa shape index (κ3) is 6.81. The topological polar surface area (TPSA) is 108 Å². The van der Waals surface area contributed by atoms with Gasteiger partial charge in [-0.25, -0.2) is 9.67 Å². The van der Waals surface area contributed by atoms with E-state index in [2.05, 4.69) is 25.6 Å². The van der Waals surface area contributed by atoms with Gasteiger partial charge in [-0.2, -0.15) is 50.8 Å². The van der Waals surface area contributed by atoms with E-state index in [0.29, 0.717) is 15.9 Å². The molecule has 1 N–H and O–H groups in total. The third-order valence-corrected chi connectivity index (χ3v) is 6.85. The maximum absolute atomic E-state index is 14.1. The molecular formula is C27H22Cl2F7N7O2. The van der Waals surface area contributed by atoms with E-state index >= 15 is 0 Å². The Hall–Kier alpha value is -4.05. The molecule has 0 bridgehead atoms. The minimum absolute atomic E-state index is 0.0233. The number of rotatable bonds is 10. The Bertz CT molecular complexity index is 1750. The number of aromatic nitrogens is 6. The summed E-state index contributed by atoms with van der Waals surface area (Å²) in [6, 6.07) is 6.88. The number of hydrogen-bond donors (Lipinski definition) is 1.